The third-order valence-electron chi connectivity index (χ3n) is 3.87. The highest BCUT2D eigenvalue weighted by atomic mass is 19.1. The van der Waals surface area contributed by atoms with Crippen LogP contribution in [0.2, 0.25) is 0 Å². The topological polar surface area (TPSA) is 21.3 Å². The summed E-state index contributed by atoms with van der Waals surface area (Å²) in [5, 5.41) is 3.53. The van der Waals surface area contributed by atoms with Crippen molar-refractivity contribution in [1.82, 2.24) is 5.32 Å². The number of hydrogen-bond acceptors (Lipinski definition) is 2. The molecule has 2 aromatic rings. The minimum absolute atomic E-state index is 0.130. The summed E-state index contributed by atoms with van der Waals surface area (Å²) in [5.74, 6) is 0.605. The van der Waals surface area contributed by atoms with Crippen LogP contribution in [0.15, 0.2) is 48.5 Å². The lowest BCUT2D eigenvalue weighted by molar-refractivity contribution is 0.305. The van der Waals surface area contributed by atoms with Crippen LogP contribution in [0.4, 0.5) is 4.39 Å². The molecule has 1 N–H and O–H groups in total. The second-order valence-electron chi connectivity index (χ2n) is 6.15. The Balaban J connectivity index is 1.92. The quantitative estimate of drug-likeness (QED) is 0.801. The maximum atomic E-state index is 12.9. The fraction of sp³-hybridized carbons (Fsp3) is 0.368. The molecule has 0 aliphatic heterocycles. The second-order valence-corrected chi connectivity index (χ2v) is 6.15. The largest absolute Gasteiger partial charge is 0.489 e. The number of nitrogens with one attached hydrogen (secondary N) is 1. The molecule has 0 fully saturated rings. The molecule has 0 aliphatic rings. The summed E-state index contributed by atoms with van der Waals surface area (Å²) in [6.07, 6.45) is 1.08. The van der Waals surface area contributed by atoms with Gasteiger partial charge in [0.25, 0.3) is 0 Å². The third-order valence-corrected chi connectivity index (χ3v) is 3.87. The number of benzene rings is 2. The van der Waals surface area contributed by atoms with Gasteiger partial charge in [0.15, 0.2) is 0 Å². The predicted molar refractivity (Wildman–Crippen MR) is 88.4 cm³/mol. The summed E-state index contributed by atoms with van der Waals surface area (Å²) in [6, 6.07) is 14.5. The van der Waals surface area contributed by atoms with Gasteiger partial charge in [-0.15, -0.1) is 0 Å². The van der Waals surface area contributed by atoms with E-state index in [1.807, 2.05) is 18.2 Å². The SMILES string of the molecule is CCC(C)(C)NCc1cccc(OCc2ccc(F)cc2)c1. The molecule has 0 unspecified atom stereocenters. The minimum Gasteiger partial charge on any atom is -0.489 e. The van der Waals surface area contributed by atoms with E-state index >= 15 is 0 Å². The molecule has 0 amide bonds. The molecule has 0 spiro atoms. The Morgan fingerprint density at radius 2 is 1.77 bits per heavy atom. The Hall–Kier alpha value is -1.87. The molecule has 0 heterocycles. The van der Waals surface area contributed by atoms with Crippen LogP contribution in [0.5, 0.6) is 5.75 Å². The van der Waals surface area contributed by atoms with Gasteiger partial charge in [-0.3, -0.25) is 0 Å². The monoisotopic (exact) mass is 301 g/mol. The van der Waals surface area contributed by atoms with Gasteiger partial charge in [-0.2, -0.15) is 0 Å². The predicted octanol–water partition coefficient (Wildman–Crippen LogP) is 4.68. The van der Waals surface area contributed by atoms with Crippen molar-refractivity contribution in [2.24, 2.45) is 0 Å². The molecule has 2 rings (SSSR count). The molecule has 0 aliphatic carbocycles. The molecule has 3 heteroatoms. The van der Waals surface area contributed by atoms with Gasteiger partial charge in [0.2, 0.25) is 0 Å². The number of rotatable bonds is 7. The second kappa shape index (κ2) is 7.41. The van der Waals surface area contributed by atoms with E-state index < -0.39 is 0 Å². The number of ether oxygens (including phenoxy) is 1. The number of halogens is 1. The fourth-order valence-electron chi connectivity index (χ4n) is 1.96. The first kappa shape index (κ1) is 16.5. The average Bonchev–Trinajstić information content (AvgIpc) is 2.53. The van der Waals surface area contributed by atoms with E-state index in [1.54, 1.807) is 12.1 Å². The zero-order valence-corrected chi connectivity index (χ0v) is 13.5. The van der Waals surface area contributed by atoms with Crippen LogP contribution in [-0.4, -0.2) is 5.54 Å². The summed E-state index contributed by atoms with van der Waals surface area (Å²) < 4.78 is 18.6. The maximum absolute atomic E-state index is 12.9. The first-order chi connectivity index (χ1) is 10.5. The molecule has 0 atom stereocenters. The molecule has 2 nitrogen and oxygen atoms in total. The summed E-state index contributed by atoms with van der Waals surface area (Å²) in [7, 11) is 0. The molecular formula is C19H24FNO. The first-order valence-corrected chi connectivity index (χ1v) is 7.70. The van der Waals surface area contributed by atoms with E-state index in [0.717, 1.165) is 24.3 Å². The van der Waals surface area contributed by atoms with Crippen molar-refractivity contribution in [3.8, 4) is 5.75 Å². The van der Waals surface area contributed by atoms with E-state index in [4.69, 9.17) is 4.74 Å². The van der Waals surface area contributed by atoms with Crippen LogP contribution in [0, 0.1) is 5.82 Å². The van der Waals surface area contributed by atoms with Gasteiger partial charge in [-0.1, -0.05) is 31.2 Å². The van der Waals surface area contributed by atoms with E-state index in [1.165, 1.54) is 17.7 Å². The van der Waals surface area contributed by atoms with Gasteiger partial charge < -0.3 is 10.1 Å². The van der Waals surface area contributed by atoms with Crippen molar-refractivity contribution in [3.63, 3.8) is 0 Å². The van der Waals surface area contributed by atoms with Crippen molar-refractivity contribution in [3.05, 3.63) is 65.5 Å². The summed E-state index contributed by atoms with van der Waals surface area (Å²) in [6.45, 7) is 7.82. The zero-order valence-electron chi connectivity index (χ0n) is 13.5. The minimum atomic E-state index is -0.227. The van der Waals surface area contributed by atoms with E-state index in [0.29, 0.717) is 6.61 Å². The van der Waals surface area contributed by atoms with Crippen molar-refractivity contribution < 1.29 is 9.13 Å². The van der Waals surface area contributed by atoms with E-state index in [9.17, 15) is 4.39 Å². The Morgan fingerprint density at radius 3 is 2.45 bits per heavy atom. The number of hydrogen-bond donors (Lipinski definition) is 1. The molecular weight excluding hydrogens is 277 g/mol. The Kier molecular flexibility index (Phi) is 5.56. The Morgan fingerprint density at radius 1 is 1.05 bits per heavy atom. The van der Waals surface area contributed by atoms with Crippen molar-refractivity contribution in [2.75, 3.05) is 0 Å². The Labute approximate surface area is 132 Å². The molecule has 0 bridgehead atoms. The van der Waals surface area contributed by atoms with Crippen molar-refractivity contribution in [1.29, 1.82) is 0 Å². The molecule has 0 radical (unpaired) electrons. The molecule has 0 saturated carbocycles. The Bertz CT molecular complexity index is 593. The highest BCUT2D eigenvalue weighted by molar-refractivity contribution is 5.29. The standard InChI is InChI=1S/C19H24FNO/c1-4-19(2,3)21-13-16-6-5-7-18(12-16)22-14-15-8-10-17(20)11-9-15/h5-12,21H,4,13-14H2,1-3H3. The average molecular weight is 301 g/mol. The summed E-state index contributed by atoms with van der Waals surface area (Å²) in [4.78, 5) is 0. The lowest BCUT2D eigenvalue weighted by Gasteiger charge is -2.24. The third kappa shape index (κ3) is 5.15. The molecule has 0 saturated heterocycles. The van der Waals surface area contributed by atoms with E-state index in [2.05, 4.69) is 32.2 Å². The molecule has 22 heavy (non-hydrogen) atoms. The molecule has 118 valence electrons. The van der Waals surface area contributed by atoms with Gasteiger partial charge >= 0.3 is 0 Å². The highest BCUT2D eigenvalue weighted by Gasteiger charge is 2.13. The van der Waals surface area contributed by atoms with Gasteiger partial charge in [0, 0.05) is 12.1 Å². The maximum Gasteiger partial charge on any atom is 0.123 e. The fourth-order valence-corrected chi connectivity index (χ4v) is 1.96. The van der Waals surface area contributed by atoms with Crippen LogP contribution < -0.4 is 10.1 Å². The van der Waals surface area contributed by atoms with Gasteiger partial charge in [0.05, 0.1) is 0 Å². The van der Waals surface area contributed by atoms with Crippen LogP contribution in [0.25, 0.3) is 0 Å². The zero-order chi connectivity index (χ0) is 16.0. The van der Waals surface area contributed by atoms with Crippen molar-refractivity contribution in [2.45, 2.75) is 45.9 Å². The lowest BCUT2D eigenvalue weighted by Crippen LogP contribution is -2.37. The van der Waals surface area contributed by atoms with Crippen LogP contribution in [0.1, 0.15) is 38.3 Å². The smallest absolute Gasteiger partial charge is 0.123 e. The summed E-state index contributed by atoms with van der Waals surface area (Å²) in [5.41, 5.74) is 2.28. The lowest BCUT2D eigenvalue weighted by atomic mass is 10.0. The van der Waals surface area contributed by atoms with Crippen molar-refractivity contribution >= 4 is 0 Å². The van der Waals surface area contributed by atoms with Crippen LogP contribution in [-0.2, 0) is 13.2 Å². The normalized spacial score (nSPS) is 11.5. The van der Waals surface area contributed by atoms with Gasteiger partial charge in [0.1, 0.15) is 18.2 Å². The van der Waals surface area contributed by atoms with Gasteiger partial charge in [-0.05, 0) is 55.7 Å². The first-order valence-electron chi connectivity index (χ1n) is 7.70. The van der Waals surface area contributed by atoms with Crippen LogP contribution in [0.3, 0.4) is 0 Å². The summed E-state index contributed by atoms with van der Waals surface area (Å²) >= 11 is 0. The van der Waals surface area contributed by atoms with E-state index in [-0.39, 0.29) is 11.4 Å². The highest BCUT2D eigenvalue weighted by Crippen LogP contribution is 2.17. The van der Waals surface area contributed by atoms with Gasteiger partial charge in [-0.25, -0.2) is 4.39 Å². The van der Waals surface area contributed by atoms with Crippen LogP contribution >= 0.6 is 0 Å². The molecule has 2 aromatic carbocycles. The molecule has 0 aromatic heterocycles.